The van der Waals surface area contributed by atoms with E-state index in [4.69, 9.17) is 9.47 Å². The number of ether oxygens (including phenoxy) is 2. The molecule has 0 aliphatic carbocycles. The molecule has 0 bridgehead atoms. The van der Waals surface area contributed by atoms with Crippen molar-refractivity contribution < 1.29 is 9.47 Å². The highest BCUT2D eigenvalue weighted by molar-refractivity contribution is 7.81. The maximum atomic E-state index is 6.87. The van der Waals surface area contributed by atoms with Crippen LogP contribution in [0.3, 0.4) is 0 Å². The van der Waals surface area contributed by atoms with E-state index in [2.05, 4.69) is 131 Å². The Morgan fingerprint density at radius 3 is 1.65 bits per heavy atom. The van der Waals surface area contributed by atoms with Gasteiger partial charge in [-0.3, -0.25) is 0 Å². The zero-order chi connectivity index (χ0) is 27.6. The van der Waals surface area contributed by atoms with Crippen LogP contribution in [-0.4, -0.2) is 0 Å². The van der Waals surface area contributed by atoms with Crippen LogP contribution in [0.15, 0.2) is 84.9 Å². The Labute approximate surface area is 237 Å². The van der Waals surface area contributed by atoms with E-state index < -0.39 is 7.92 Å². The number of hydrogen-bond donors (Lipinski definition) is 0. The normalized spacial score (nSPS) is 15.0. The standard InChI is InChI=1S/C36H32NO2P/c1-35(2,3)24-16-18-26-32-30(24)38-28-12-9-13-29-34(28)40(32)33-27(19-17-25(31(33)39-29)36(4,5)6)37(26)23-15-14-21-10-7-8-11-22(21)20-23/h7-20H,1-6H3. The molecule has 3 heterocycles. The van der Waals surface area contributed by atoms with Gasteiger partial charge in [-0.15, -0.1) is 0 Å². The van der Waals surface area contributed by atoms with Crippen LogP contribution in [0, 0.1) is 0 Å². The summed E-state index contributed by atoms with van der Waals surface area (Å²) >= 11 is 0. The van der Waals surface area contributed by atoms with E-state index in [1.807, 2.05) is 0 Å². The lowest BCUT2D eigenvalue weighted by atomic mass is 9.85. The second-order valence-corrected chi connectivity index (χ2v) is 15.1. The number of anilines is 3. The Bertz CT molecular complexity index is 1800. The molecular weight excluding hydrogens is 509 g/mol. The van der Waals surface area contributed by atoms with Gasteiger partial charge in [-0.05, 0) is 58.0 Å². The van der Waals surface area contributed by atoms with Crippen molar-refractivity contribution in [2.75, 3.05) is 4.90 Å². The van der Waals surface area contributed by atoms with E-state index in [-0.39, 0.29) is 10.8 Å². The average molecular weight is 542 g/mol. The van der Waals surface area contributed by atoms with Crippen LogP contribution in [0.5, 0.6) is 23.0 Å². The summed E-state index contributed by atoms with van der Waals surface area (Å²) in [6, 6.07) is 30.9. The van der Waals surface area contributed by atoms with Crippen LogP contribution in [0.1, 0.15) is 52.7 Å². The van der Waals surface area contributed by atoms with Gasteiger partial charge in [0.2, 0.25) is 0 Å². The van der Waals surface area contributed by atoms with Crippen molar-refractivity contribution in [3.63, 3.8) is 0 Å². The third-order valence-electron chi connectivity index (χ3n) is 8.37. The van der Waals surface area contributed by atoms with Gasteiger partial charge in [0, 0.05) is 24.7 Å². The molecule has 8 rings (SSSR count). The SMILES string of the molecule is CC(C)(C)c1ccc2c3c1Oc1cccc4c1P3c1c(ccc(C(C)(C)C)c1O4)N2c1ccc2ccccc2c1. The lowest BCUT2D eigenvalue weighted by Gasteiger charge is -2.46. The third-order valence-corrected chi connectivity index (χ3v) is 11.0. The highest BCUT2D eigenvalue weighted by Gasteiger charge is 2.47. The minimum Gasteiger partial charge on any atom is -0.455 e. The van der Waals surface area contributed by atoms with Crippen LogP contribution >= 0.6 is 7.92 Å². The first-order chi connectivity index (χ1) is 19.1. The van der Waals surface area contributed by atoms with Gasteiger partial charge in [0.15, 0.2) is 0 Å². The van der Waals surface area contributed by atoms with Gasteiger partial charge in [0.05, 0.1) is 27.3 Å². The van der Waals surface area contributed by atoms with Gasteiger partial charge in [-0.2, -0.15) is 0 Å². The lowest BCUT2D eigenvalue weighted by Crippen LogP contribution is -2.41. The zero-order valence-corrected chi connectivity index (χ0v) is 24.7. The van der Waals surface area contributed by atoms with Crippen LogP contribution in [0.25, 0.3) is 10.8 Å². The molecule has 0 fully saturated rings. The second kappa shape index (κ2) is 7.89. The molecule has 5 aromatic rings. The highest BCUT2D eigenvalue weighted by atomic mass is 31.1. The second-order valence-electron chi connectivity index (χ2n) is 13.1. The van der Waals surface area contributed by atoms with Gasteiger partial charge >= 0.3 is 0 Å². The lowest BCUT2D eigenvalue weighted by molar-refractivity contribution is 0.442. The molecule has 4 heteroatoms. The summed E-state index contributed by atoms with van der Waals surface area (Å²) < 4.78 is 13.7. The van der Waals surface area contributed by atoms with Crippen molar-refractivity contribution >= 4 is 51.7 Å². The summed E-state index contributed by atoms with van der Waals surface area (Å²) in [6.07, 6.45) is 0. The Morgan fingerprint density at radius 1 is 0.550 bits per heavy atom. The fourth-order valence-electron chi connectivity index (χ4n) is 6.47. The molecule has 0 saturated carbocycles. The molecule has 3 aliphatic rings. The van der Waals surface area contributed by atoms with E-state index in [0.717, 1.165) is 28.7 Å². The van der Waals surface area contributed by atoms with Crippen LogP contribution in [0.4, 0.5) is 17.1 Å². The molecule has 0 saturated heterocycles. The molecule has 0 atom stereocenters. The quantitative estimate of drug-likeness (QED) is 0.193. The van der Waals surface area contributed by atoms with E-state index in [9.17, 15) is 0 Å². The zero-order valence-electron chi connectivity index (χ0n) is 23.8. The number of benzene rings is 5. The monoisotopic (exact) mass is 541 g/mol. The van der Waals surface area contributed by atoms with Crippen LogP contribution in [0.2, 0.25) is 0 Å². The Kier molecular flexibility index (Phi) is 4.74. The van der Waals surface area contributed by atoms with Crippen molar-refractivity contribution in [2.24, 2.45) is 0 Å². The fourth-order valence-corrected chi connectivity index (χ4v) is 9.37. The average Bonchev–Trinajstić information content (AvgIpc) is 2.91. The first-order valence-electron chi connectivity index (χ1n) is 14.0. The number of fused-ring (bicyclic) bond motifs is 1. The molecule has 40 heavy (non-hydrogen) atoms. The largest absolute Gasteiger partial charge is 0.455 e. The molecule has 0 unspecified atom stereocenters. The van der Waals surface area contributed by atoms with Gasteiger partial charge < -0.3 is 14.4 Å². The van der Waals surface area contributed by atoms with E-state index in [1.165, 1.54) is 49.2 Å². The fraction of sp³-hybridized carbons (Fsp3) is 0.222. The maximum Gasteiger partial charge on any atom is 0.141 e. The van der Waals surface area contributed by atoms with Crippen molar-refractivity contribution in [1.29, 1.82) is 0 Å². The van der Waals surface area contributed by atoms with Crippen LogP contribution < -0.4 is 30.3 Å². The van der Waals surface area contributed by atoms with Gasteiger partial charge in [-0.1, -0.05) is 90.1 Å². The van der Waals surface area contributed by atoms with E-state index in [0.29, 0.717) is 0 Å². The van der Waals surface area contributed by atoms with Crippen molar-refractivity contribution in [3.05, 3.63) is 96.1 Å². The van der Waals surface area contributed by atoms with Crippen molar-refractivity contribution in [2.45, 2.75) is 52.4 Å². The van der Waals surface area contributed by atoms with Crippen molar-refractivity contribution in [1.82, 2.24) is 0 Å². The number of rotatable bonds is 1. The predicted molar refractivity (Wildman–Crippen MR) is 168 cm³/mol. The molecule has 0 spiro atoms. The van der Waals surface area contributed by atoms with Crippen molar-refractivity contribution in [3.8, 4) is 23.0 Å². The summed E-state index contributed by atoms with van der Waals surface area (Å²) in [5.74, 6) is 3.89. The maximum absolute atomic E-state index is 6.87. The topological polar surface area (TPSA) is 21.7 Å². The Morgan fingerprint density at radius 2 is 1.10 bits per heavy atom. The van der Waals surface area contributed by atoms with Gasteiger partial charge in [0.1, 0.15) is 23.0 Å². The smallest absolute Gasteiger partial charge is 0.141 e. The first kappa shape index (κ1) is 24.0. The summed E-state index contributed by atoms with van der Waals surface area (Å²) in [5.41, 5.74) is 5.91. The van der Waals surface area contributed by atoms with Crippen LogP contribution in [-0.2, 0) is 10.8 Å². The van der Waals surface area contributed by atoms with E-state index in [1.54, 1.807) is 0 Å². The van der Waals surface area contributed by atoms with Gasteiger partial charge in [0.25, 0.3) is 0 Å². The first-order valence-corrected chi connectivity index (χ1v) is 15.4. The molecule has 0 aromatic heterocycles. The molecule has 0 amide bonds. The predicted octanol–water partition coefficient (Wildman–Crippen LogP) is 9.19. The Balaban J connectivity index is 1.51. The number of hydrogen-bond acceptors (Lipinski definition) is 3. The molecule has 0 radical (unpaired) electrons. The van der Waals surface area contributed by atoms with Gasteiger partial charge in [-0.25, -0.2) is 0 Å². The summed E-state index contributed by atoms with van der Waals surface area (Å²) in [5, 5.41) is 6.28. The molecule has 0 N–H and O–H groups in total. The molecule has 5 aromatic carbocycles. The molecule has 3 nitrogen and oxygen atoms in total. The summed E-state index contributed by atoms with van der Waals surface area (Å²) in [4.78, 5) is 2.44. The number of nitrogens with zero attached hydrogens (tertiary/aromatic N) is 1. The Hall–Kier alpha value is -3.81. The molecular formula is C36H32NO2P. The highest BCUT2D eigenvalue weighted by Crippen LogP contribution is 2.62. The molecule has 3 aliphatic heterocycles. The minimum absolute atomic E-state index is 0.0642. The summed E-state index contributed by atoms with van der Waals surface area (Å²) in [6.45, 7) is 13.7. The third kappa shape index (κ3) is 3.22. The van der Waals surface area contributed by atoms with E-state index >= 15 is 0 Å². The summed E-state index contributed by atoms with van der Waals surface area (Å²) in [7, 11) is -0.874. The molecule has 198 valence electrons. The minimum atomic E-state index is -0.874.